The van der Waals surface area contributed by atoms with Crippen molar-refractivity contribution in [2.45, 2.75) is 26.8 Å². The molecule has 206 valence electrons. The van der Waals surface area contributed by atoms with E-state index in [1.807, 2.05) is 63.2 Å². The van der Waals surface area contributed by atoms with Gasteiger partial charge in [-0.25, -0.2) is 4.99 Å². The molecule has 0 fully saturated rings. The highest BCUT2D eigenvalue weighted by Gasteiger charge is 2.36. The van der Waals surface area contributed by atoms with Gasteiger partial charge >= 0.3 is 0 Å². The number of hydrogen-bond donors (Lipinski definition) is 0. The molecule has 2 heterocycles. The molecule has 1 aliphatic heterocycles. The third-order valence-electron chi connectivity index (χ3n) is 7.20. The van der Waals surface area contributed by atoms with E-state index in [1.54, 1.807) is 41.9 Å². The van der Waals surface area contributed by atoms with Gasteiger partial charge in [0.1, 0.15) is 17.5 Å². The van der Waals surface area contributed by atoms with Crippen LogP contribution in [0.15, 0.2) is 75.7 Å². The smallest absolute Gasteiger partial charge is 0.271 e. The molecule has 0 unspecified atom stereocenters. The number of nitrogens with zero attached hydrogens (tertiary/aromatic N) is 3. The molecule has 1 aromatic heterocycles. The van der Waals surface area contributed by atoms with Crippen LogP contribution in [0.25, 0.3) is 16.8 Å². The number of methoxy groups -OCH3 is 2. The number of hydrogen-bond acceptors (Lipinski definition) is 6. The van der Waals surface area contributed by atoms with Gasteiger partial charge in [-0.05, 0) is 61.4 Å². The van der Waals surface area contributed by atoms with Gasteiger partial charge in [-0.1, -0.05) is 59.3 Å². The van der Waals surface area contributed by atoms with Crippen molar-refractivity contribution in [1.29, 1.82) is 0 Å². The van der Waals surface area contributed by atoms with Crippen LogP contribution in [0.3, 0.4) is 0 Å². The number of thiazole rings is 1. The van der Waals surface area contributed by atoms with Gasteiger partial charge in [-0.3, -0.25) is 14.2 Å². The largest absolute Gasteiger partial charge is 0.496 e. The maximum absolute atomic E-state index is 14.2. The van der Waals surface area contributed by atoms with E-state index >= 15 is 0 Å². The lowest BCUT2D eigenvalue weighted by atomic mass is 9.90. The van der Waals surface area contributed by atoms with Crippen molar-refractivity contribution in [2.75, 3.05) is 27.3 Å². The number of halogens is 1. The first-order chi connectivity index (χ1) is 19.3. The molecule has 0 saturated carbocycles. The fourth-order valence-electron chi connectivity index (χ4n) is 5.21. The maximum atomic E-state index is 14.2. The second kappa shape index (κ2) is 11.3. The quantitative estimate of drug-likeness (QED) is 0.313. The number of likely N-dealkylation sites (N-methyl/N-ethyl adjacent to an activating group) is 1. The van der Waals surface area contributed by atoms with Crippen molar-refractivity contribution in [1.82, 2.24) is 9.47 Å². The molecule has 0 spiro atoms. The zero-order valence-corrected chi connectivity index (χ0v) is 24.6. The van der Waals surface area contributed by atoms with Crippen LogP contribution in [-0.4, -0.2) is 42.7 Å². The number of benzene rings is 3. The summed E-state index contributed by atoms with van der Waals surface area (Å²) < 4.78 is 13.2. The number of amides is 1. The van der Waals surface area contributed by atoms with Gasteiger partial charge in [0.15, 0.2) is 4.80 Å². The molecule has 3 aromatic carbocycles. The van der Waals surface area contributed by atoms with Crippen LogP contribution >= 0.6 is 22.9 Å². The minimum absolute atomic E-state index is 0.151. The fraction of sp³-hybridized carbons (Fsp3) is 0.258. The van der Waals surface area contributed by atoms with E-state index in [0.717, 1.165) is 21.9 Å². The van der Waals surface area contributed by atoms with Crippen LogP contribution in [0, 0.1) is 0 Å². The summed E-state index contributed by atoms with van der Waals surface area (Å²) in [5.41, 5.74) is 2.31. The predicted octanol–water partition coefficient (Wildman–Crippen LogP) is 4.93. The molecule has 0 aliphatic carbocycles. The van der Waals surface area contributed by atoms with E-state index in [2.05, 4.69) is 0 Å². The summed E-state index contributed by atoms with van der Waals surface area (Å²) in [5.74, 6) is 1.00. The van der Waals surface area contributed by atoms with Gasteiger partial charge in [0.2, 0.25) is 0 Å². The van der Waals surface area contributed by atoms with Gasteiger partial charge in [0.25, 0.3) is 11.5 Å². The van der Waals surface area contributed by atoms with Crippen LogP contribution in [0.1, 0.15) is 37.9 Å². The molecule has 1 amide bonds. The Morgan fingerprint density at radius 1 is 1.07 bits per heavy atom. The number of carbonyl (C=O) groups is 1. The number of carbonyl (C=O) groups excluding carboxylic acids is 1. The van der Waals surface area contributed by atoms with Crippen molar-refractivity contribution in [3.05, 3.63) is 102 Å². The normalized spacial score (nSPS) is 15.2. The lowest BCUT2D eigenvalue weighted by Crippen LogP contribution is -2.43. The number of ether oxygens (including phenoxy) is 2. The van der Waals surface area contributed by atoms with Crippen molar-refractivity contribution in [2.24, 2.45) is 4.99 Å². The van der Waals surface area contributed by atoms with Gasteiger partial charge in [-0.15, -0.1) is 0 Å². The van der Waals surface area contributed by atoms with E-state index in [0.29, 0.717) is 50.2 Å². The van der Waals surface area contributed by atoms with Crippen LogP contribution in [0.4, 0.5) is 0 Å². The Hall–Kier alpha value is -3.88. The molecule has 0 N–H and O–H groups in total. The molecule has 9 heteroatoms. The summed E-state index contributed by atoms with van der Waals surface area (Å²) in [6.45, 7) is 6.80. The molecular weight excluding hydrogens is 546 g/mol. The number of rotatable bonds is 7. The summed E-state index contributed by atoms with van der Waals surface area (Å²) in [6.07, 6.45) is 1.79. The van der Waals surface area contributed by atoms with Gasteiger partial charge in [-0.2, -0.15) is 0 Å². The maximum Gasteiger partial charge on any atom is 0.271 e. The number of allylic oxidation sites excluding steroid dienone is 1. The van der Waals surface area contributed by atoms with E-state index in [-0.39, 0.29) is 11.5 Å². The lowest BCUT2D eigenvalue weighted by molar-refractivity contribution is -0.127. The standard InChI is InChI=1S/C31H30ClN3O4S/c1-6-34(7-2)30(37)26-18(3)33-31-35(28(26)27-21-11-9-8-10-20(21)13-15-24(27)39-5)29(36)25(40-31)17-19-12-14-23(38-4)22(32)16-19/h8-17,28H,6-7H2,1-5H3/b25-17-/t28-/m0/s1. The second-order valence-electron chi connectivity index (χ2n) is 9.36. The minimum Gasteiger partial charge on any atom is -0.496 e. The average molecular weight is 576 g/mol. The van der Waals surface area contributed by atoms with Crippen molar-refractivity contribution >= 4 is 45.7 Å². The minimum atomic E-state index is -0.730. The van der Waals surface area contributed by atoms with Gasteiger partial charge < -0.3 is 14.4 Å². The fourth-order valence-corrected chi connectivity index (χ4v) is 6.52. The molecule has 5 rings (SSSR count). The molecule has 0 bridgehead atoms. The second-order valence-corrected chi connectivity index (χ2v) is 10.8. The van der Waals surface area contributed by atoms with Crippen molar-refractivity contribution in [3.8, 4) is 11.5 Å². The molecule has 7 nitrogen and oxygen atoms in total. The topological polar surface area (TPSA) is 73.1 Å². The Balaban J connectivity index is 1.83. The Labute approximate surface area is 241 Å². The van der Waals surface area contributed by atoms with Crippen molar-refractivity contribution < 1.29 is 14.3 Å². The van der Waals surface area contributed by atoms with Crippen LogP contribution in [0.2, 0.25) is 5.02 Å². The zero-order valence-electron chi connectivity index (χ0n) is 23.0. The van der Waals surface area contributed by atoms with E-state index in [4.69, 9.17) is 26.1 Å². The number of aromatic nitrogens is 1. The average Bonchev–Trinajstić information content (AvgIpc) is 3.26. The Bertz CT molecular complexity index is 1840. The Morgan fingerprint density at radius 3 is 2.45 bits per heavy atom. The van der Waals surface area contributed by atoms with Crippen LogP contribution in [0.5, 0.6) is 11.5 Å². The number of fused-ring (bicyclic) bond motifs is 2. The molecule has 40 heavy (non-hydrogen) atoms. The molecular formula is C31H30ClN3O4S. The van der Waals surface area contributed by atoms with Gasteiger partial charge in [0, 0.05) is 18.7 Å². The van der Waals surface area contributed by atoms with E-state index < -0.39 is 6.04 Å². The molecule has 0 saturated heterocycles. The van der Waals surface area contributed by atoms with E-state index in [1.165, 1.54) is 11.3 Å². The summed E-state index contributed by atoms with van der Waals surface area (Å²) in [4.78, 5) is 35.3. The van der Waals surface area contributed by atoms with Gasteiger partial charge in [0.05, 0.1) is 35.0 Å². The third-order valence-corrected chi connectivity index (χ3v) is 8.48. The highest BCUT2D eigenvalue weighted by Crippen LogP contribution is 2.40. The predicted molar refractivity (Wildman–Crippen MR) is 160 cm³/mol. The monoisotopic (exact) mass is 575 g/mol. The van der Waals surface area contributed by atoms with Crippen LogP contribution < -0.4 is 24.4 Å². The Morgan fingerprint density at radius 2 is 1.77 bits per heavy atom. The molecule has 4 aromatic rings. The summed E-state index contributed by atoms with van der Waals surface area (Å²) in [5, 5.41) is 2.34. The summed E-state index contributed by atoms with van der Waals surface area (Å²) >= 11 is 7.63. The first kappa shape index (κ1) is 27.7. The first-order valence-corrected chi connectivity index (χ1v) is 14.2. The highest BCUT2D eigenvalue weighted by atomic mass is 35.5. The molecule has 0 radical (unpaired) electrons. The van der Waals surface area contributed by atoms with E-state index in [9.17, 15) is 9.59 Å². The molecule has 1 aliphatic rings. The highest BCUT2D eigenvalue weighted by molar-refractivity contribution is 7.07. The summed E-state index contributed by atoms with van der Waals surface area (Å²) in [7, 11) is 3.16. The molecule has 1 atom stereocenters. The lowest BCUT2D eigenvalue weighted by Gasteiger charge is -2.30. The summed E-state index contributed by atoms with van der Waals surface area (Å²) in [6, 6.07) is 16.4. The Kier molecular flexibility index (Phi) is 7.83. The SMILES string of the molecule is CCN(CC)C(=O)C1=C(C)N=c2s/c(=C\c3ccc(OC)c(Cl)c3)c(=O)n2[C@@H]1c1c(OC)ccc2ccccc12. The first-order valence-electron chi connectivity index (χ1n) is 13.0. The van der Waals surface area contributed by atoms with Crippen molar-refractivity contribution in [3.63, 3.8) is 0 Å². The third kappa shape index (κ3) is 4.71. The zero-order chi connectivity index (χ0) is 28.6. The van der Waals surface area contributed by atoms with Crippen LogP contribution in [-0.2, 0) is 4.79 Å².